The summed E-state index contributed by atoms with van der Waals surface area (Å²) >= 11 is 0. The van der Waals surface area contributed by atoms with E-state index in [0.29, 0.717) is 11.3 Å². The zero-order valence-corrected chi connectivity index (χ0v) is 11.9. The van der Waals surface area contributed by atoms with Crippen molar-refractivity contribution < 1.29 is 17.9 Å². The lowest BCUT2D eigenvalue weighted by atomic mass is 9.92. The monoisotopic (exact) mass is 321 g/mol. The molecule has 23 heavy (non-hydrogen) atoms. The molecule has 7 heteroatoms. The summed E-state index contributed by atoms with van der Waals surface area (Å²) in [6.07, 6.45) is -3.09. The molecule has 1 aliphatic heterocycles. The molecule has 0 amide bonds. The first-order chi connectivity index (χ1) is 10.8. The fourth-order valence-electron chi connectivity index (χ4n) is 2.51. The average molecular weight is 321 g/mol. The molecule has 1 heterocycles. The number of ether oxygens (including phenoxy) is 1. The van der Waals surface area contributed by atoms with Gasteiger partial charge in [-0.1, -0.05) is 30.3 Å². The second-order valence-corrected chi connectivity index (χ2v) is 5.21. The highest BCUT2D eigenvalue weighted by atomic mass is 19.4. The molecule has 3 rings (SSSR count). The quantitative estimate of drug-likeness (QED) is 0.794. The van der Waals surface area contributed by atoms with Crippen LogP contribution in [0.25, 0.3) is 5.70 Å². The molecule has 2 aromatic carbocycles. The highest BCUT2D eigenvalue weighted by Crippen LogP contribution is 2.35. The number of hydrogen-bond donors (Lipinski definition) is 3. The third-order valence-corrected chi connectivity index (χ3v) is 3.53. The summed E-state index contributed by atoms with van der Waals surface area (Å²) in [6, 6.07) is 12.7. The van der Waals surface area contributed by atoms with E-state index in [4.69, 9.17) is 11.5 Å². The molecule has 0 bridgehead atoms. The molecule has 0 saturated carbocycles. The summed E-state index contributed by atoms with van der Waals surface area (Å²) in [5, 5.41) is 3.15. The number of benzene rings is 2. The average Bonchev–Trinajstić information content (AvgIpc) is 2.46. The third kappa shape index (κ3) is 3.09. The minimum atomic E-state index is -4.73. The predicted molar refractivity (Wildman–Crippen MR) is 81.2 cm³/mol. The van der Waals surface area contributed by atoms with Crippen molar-refractivity contribution in [2.75, 3.05) is 5.32 Å². The Morgan fingerprint density at radius 3 is 2.30 bits per heavy atom. The van der Waals surface area contributed by atoms with Crippen molar-refractivity contribution in [1.29, 1.82) is 0 Å². The van der Waals surface area contributed by atoms with Crippen LogP contribution in [0.5, 0.6) is 5.75 Å². The molecule has 0 saturated heterocycles. The van der Waals surface area contributed by atoms with Crippen LogP contribution in [0.4, 0.5) is 18.9 Å². The number of fused-ring (bicyclic) bond motifs is 1. The van der Waals surface area contributed by atoms with Crippen molar-refractivity contribution in [2.45, 2.75) is 12.0 Å². The van der Waals surface area contributed by atoms with Crippen molar-refractivity contribution in [3.8, 4) is 5.75 Å². The van der Waals surface area contributed by atoms with E-state index in [1.54, 1.807) is 6.08 Å². The molecule has 1 atom stereocenters. The van der Waals surface area contributed by atoms with Gasteiger partial charge in [0.15, 0.2) is 0 Å². The molecule has 0 fully saturated rings. The van der Waals surface area contributed by atoms with E-state index in [1.807, 2.05) is 24.3 Å². The van der Waals surface area contributed by atoms with Crippen LogP contribution in [-0.4, -0.2) is 6.36 Å². The van der Waals surface area contributed by atoms with E-state index in [2.05, 4.69) is 10.1 Å². The molecule has 0 aliphatic carbocycles. The maximum absolute atomic E-state index is 12.2. The van der Waals surface area contributed by atoms with Gasteiger partial charge >= 0.3 is 6.36 Å². The first kappa shape index (κ1) is 15.2. The van der Waals surface area contributed by atoms with Crippen LogP contribution in [0.1, 0.15) is 11.1 Å². The lowest BCUT2D eigenvalue weighted by Gasteiger charge is -2.34. The van der Waals surface area contributed by atoms with Gasteiger partial charge in [0, 0.05) is 16.9 Å². The van der Waals surface area contributed by atoms with Gasteiger partial charge in [0.1, 0.15) is 11.4 Å². The Morgan fingerprint density at radius 2 is 1.65 bits per heavy atom. The SMILES string of the molecule is NC1=CC(N)(c2ccc(OC(F)(F)F)cc2)Nc2ccccc21. The van der Waals surface area contributed by atoms with Gasteiger partial charge in [0.05, 0.1) is 0 Å². The maximum atomic E-state index is 12.2. The van der Waals surface area contributed by atoms with Crippen LogP contribution < -0.4 is 21.5 Å². The van der Waals surface area contributed by atoms with Gasteiger partial charge < -0.3 is 21.5 Å². The molecule has 0 radical (unpaired) electrons. The minimum absolute atomic E-state index is 0.307. The minimum Gasteiger partial charge on any atom is -0.406 e. The Kier molecular flexibility index (Phi) is 3.45. The molecular formula is C16H14F3N3O. The Morgan fingerprint density at radius 1 is 1.00 bits per heavy atom. The first-order valence-corrected chi connectivity index (χ1v) is 6.78. The number of rotatable bonds is 2. The normalized spacial score (nSPS) is 20.3. The van der Waals surface area contributed by atoms with E-state index >= 15 is 0 Å². The van der Waals surface area contributed by atoms with Gasteiger partial charge in [-0.15, -0.1) is 13.2 Å². The summed E-state index contributed by atoms with van der Waals surface area (Å²) in [7, 11) is 0. The van der Waals surface area contributed by atoms with Crippen LogP contribution in [0.3, 0.4) is 0 Å². The smallest absolute Gasteiger partial charge is 0.406 e. The molecule has 120 valence electrons. The second kappa shape index (κ2) is 5.20. The number of nitrogens with two attached hydrogens (primary N) is 2. The van der Waals surface area contributed by atoms with E-state index in [-0.39, 0.29) is 5.75 Å². The summed E-state index contributed by atoms with van der Waals surface area (Å²) in [4.78, 5) is 0. The van der Waals surface area contributed by atoms with Crippen molar-refractivity contribution >= 4 is 11.4 Å². The Labute approximate surface area is 130 Å². The van der Waals surface area contributed by atoms with Gasteiger partial charge in [-0.3, -0.25) is 0 Å². The van der Waals surface area contributed by atoms with E-state index in [9.17, 15) is 13.2 Å². The number of alkyl halides is 3. The van der Waals surface area contributed by atoms with Crippen LogP contribution >= 0.6 is 0 Å². The van der Waals surface area contributed by atoms with E-state index in [1.165, 1.54) is 24.3 Å². The molecular weight excluding hydrogens is 307 g/mol. The standard InChI is InChI=1S/C16H14F3N3O/c17-16(18,19)23-11-7-5-10(6-8-11)15(21)9-13(20)12-3-1-2-4-14(12)22-15/h1-9,22H,20-21H2. The van der Waals surface area contributed by atoms with E-state index < -0.39 is 12.0 Å². The van der Waals surface area contributed by atoms with Crippen molar-refractivity contribution in [3.05, 3.63) is 65.7 Å². The van der Waals surface area contributed by atoms with Gasteiger partial charge in [0.2, 0.25) is 0 Å². The van der Waals surface area contributed by atoms with Crippen molar-refractivity contribution in [3.63, 3.8) is 0 Å². The maximum Gasteiger partial charge on any atom is 0.573 e. The Balaban J connectivity index is 1.91. The lowest BCUT2D eigenvalue weighted by molar-refractivity contribution is -0.274. The fraction of sp³-hybridized carbons (Fsp3) is 0.125. The summed E-state index contributed by atoms with van der Waals surface area (Å²) < 4.78 is 40.5. The fourth-order valence-corrected chi connectivity index (χ4v) is 2.51. The lowest BCUT2D eigenvalue weighted by Crippen LogP contribution is -2.45. The zero-order valence-electron chi connectivity index (χ0n) is 11.9. The van der Waals surface area contributed by atoms with Gasteiger partial charge in [-0.05, 0) is 29.8 Å². The number of para-hydroxylation sites is 1. The molecule has 0 spiro atoms. The highest BCUT2D eigenvalue weighted by molar-refractivity contribution is 5.79. The second-order valence-electron chi connectivity index (χ2n) is 5.21. The van der Waals surface area contributed by atoms with E-state index in [0.717, 1.165) is 11.3 Å². The highest BCUT2D eigenvalue weighted by Gasteiger charge is 2.32. The molecule has 1 aliphatic rings. The first-order valence-electron chi connectivity index (χ1n) is 6.78. The summed E-state index contributed by atoms with van der Waals surface area (Å²) in [6.45, 7) is 0. The van der Waals surface area contributed by atoms with Crippen molar-refractivity contribution in [1.82, 2.24) is 0 Å². The van der Waals surface area contributed by atoms with Gasteiger partial charge in [0.25, 0.3) is 0 Å². The predicted octanol–water partition coefficient (Wildman–Crippen LogP) is 3.12. The largest absolute Gasteiger partial charge is 0.573 e. The number of anilines is 1. The molecule has 0 aromatic heterocycles. The number of nitrogens with one attached hydrogen (secondary N) is 1. The summed E-state index contributed by atoms with van der Waals surface area (Å²) in [5.74, 6) is -0.307. The topological polar surface area (TPSA) is 73.3 Å². The van der Waals surface area contributed by atoms with Gasteiger partial charge in [-0.2, -0.15) is 0 Å². The van der Waals surface area contributed by atoms with Crippen LogP contribution in [0.15, 0.2) is 54.6 Å². The van der Waals surface area contributed by atoms with Crippen LogP contribution in [0.2, 0.25) is 0 Å². The number of hydrogen-bond acceptors (Lipinski definition) is 4. The zero-order chi connectivity index (χ0) is 16.7. The van der Waals surface area contributed by atoms with Crippen molar-refractivity contribution in [2.24, 2.45) is 11.5 Å². The van der Waals surface area contributed by atoms with Crippen LogP contribution in [-0.2, 0) is 5.66 Å². The van der Waals surface area contributed by atoms with Crippen LogP contribution in [0, 0.1) is 0 Å². The Bertz CT molecular complexity index is 756. The third-order valence-electron chi connectivity index (χ3n) is 3.53. The molecule has 1 unspecified atom stereocenters. The Hall–Kier alpha value is -2.67. The molecule has 2 aromatic rings. The molecule has 5 N–H and O–H groups in total. The van der Waals surface area contributed by atoms with Gasteiger partial charge in [-0.25, -0.2) is 0 Å². The number of halogens is 3. The molecule has 4 nitrogen and oxygen atoms in total. The summed E-state index contributed by atoms with van der Waals surface area (Å²) in [5.41, 5.74) is 13.9.